The van der Waals surface area contributed by atoms with Crippen molar-refractivity contribution in [3.05, 3.63) is 42.5 Å². The van der Waals surface area contributed by atoms with E-state index in [9.17, 15) is 0 Å². The van der Waals surface area contributed by atoms with E-state index in [0.717, 1.165) is 56.7 Å². The van der Waals surface area contributed by atoms with Crippen LogP contribution < -0.4 is 10.6 Å². The number of anilines is 2. The lowest BCUT2D eigenvalue weighted by Gasteiger charge is -2.20. The summed E-state index contributed by atoms with van der Waals surface area (Å²) in [5.74, 6) is 0. The topological polar surface area (TPSA) is 43.4 Å². The van der Waals surface area contributed by atoms with Crippen LogP contribution in [0.1, 0.15) is 53.4 Å². The van der Waals surface area contributed by atoms with Crippen molar-refractivity contribution in [2.45, 2.75) is 53.4 Å². The van der Waals surface area contributed by atoms with Gasteiger partial charge < -0.3 is 20.4 Å². The van der Waals surface area contributed by atoms with E-state index in [1.54, 1.807) is 0 Å². The van der Waals surface area contributed by atoms with Crippen LogP contribution in [0.4, 0.5) is 11.4 Å². The molecule has 0 aliphatic rings. The molecule has 0 unspecified atom stereocenters. The summed E-state index contributed by atoms with van der Waals surface area (Å²) in [4.78, 5) is 9.93. The number of para-hydroxylation sites is 1. The van der Waals surface area contributed by atoms with Gasteiger partial charge in [-0.15, -0.1) is 0 Å². The Labute approximate surface area is 206 Å². The highest BCUT2D eigenvalue weighted by Crippen LogP contribution is 2.33. The predicted molar refractivity (Wildman–Crippen MR) is 150 cm³/mol. The zero-order valence-electron chi connectivity index (χ0n) is 21.9. The summed E-state index contributed by atoms with van der Waals surface area (Å²) in [6, 6.07) is 15.1. The van der Waals surface area contributed by atoms with Crippen LogP contribution in [-0.2, 0) is 0 Å². The number of aromatic nitrogens is 1. The summed E-state index contributed by atoms with van der Waals surface area (Å²) in [6.07, 6.45) is 4.78. The van der Waals surface area contributed by atoms with Crippen molar-refractivity contribution in [1.29, 1.82) is 0 Å². The van der Waals surface area contributed by atoms with Crippen LogP contribution in [0, 0.1) is 0 Å². The minimum absolute atomic E-state index is 0.976. The first-order chi connectivity index (χ1) is 16.7. The van der Waals surface area contributed by atoms with Crippen LogP contribution in [0.25, 0.3) is 21.8 Å². The lowest BCUT2D eigenvalue weighted by Crippen LogP contribution is -2.24. The van der Waals surface area contributed by atoms with Crippen molar-refractivity contribution in [2.75, 3.05) is 63.0 Å². The molecule has 0 saturated heterocycles. The molecule has 1 aromatic heterocycles. The molecule has 5 heteroatoms. The maximum absolute atomic E-state index is 4.94. The third kappa shape index (κ3) is 7.31. The SMILES string of the molecule is CCN(CC)CCCCNc1ccc2nc3ccccc3cc2c1NCCCCN(CC)CC. The van der Waals surface area contributed by atoms with Gasteiger partial charge >= 0.3 is 0 Å². The first-order valence-electron chi connectivity index (χ1n) is 13.4. The highest BCUT2D eigenvalue weighted by molar-refractivity contribution is 6.03. The molecule has 2 aromatic carbocycles. The Bertz CT molecular complexity index is 994. The predicted octanol–water partition coefficient (Wildman–Crippen LogP) is 6.46. The molecule has 3 aromatic rings. The molecule has 0 atom stereocenters. The van der Waals surface area contributed by atoms with Crippen LogP contribution in [-0.4, -0.2) is 67.1 Å². The van der Waals surface area contributed by atoms with Crippen molar-refractivity contribution in [2.24, 2.45) is 0 Å². The highest BCUT2D eigenvalue weighted by Gasteiger charge is 2.10. The zero-order chi connectivity index (χ0) is 24.2. The van der Waals surface area contributed by atoms with Crippen molar-refractivity contribution >= 4 is 33.2 Å². The third-order valence-electron chi connectivity index (χ3n) is 6.91. The maximum atomic E-state index is 4.94. The van der Waals surface area contributed by atoms with Gasteiger partial charge in [-0.25, -0.2) is 4.98 Å². The summed E-state index contributed by atoms with van der Waals surface area (Å²) >= 11 is 0. The second-order valence-corrected chi connectivity index (χ2v) is 9.06. The largest absolute Gasteiger partial charge is 0.383 e. The fraction of sp³-hybridized carbons (Fsp3) is 0.552. The number of nitrogens with zero attached hydrogens (tertiary/aromatic N) is 3. The molecule has 0 fully saturated rings. The van der Waals surface area contributed by atoms with Gasteiger partial charge in [-0.3, -0.25) is 0 Å². The van der Waals surface area contributed by atoms with Gasteiger partial charge in [-0.1, -0.05) is 45.9 Å². The number of hydrogen-bond acceptors (Lipinski definition) is 5. The van der Waals surface area contributed by atoms with E-state index in [1.807, 2.05) is 0 Å². The maximum Gasteiger partial charge on any atom is 0.0732 e. The van der Waals surface area contributed by atoms with Crippen molar-refractivity contribution < 1.29 is 0 Å². The molecule has 0 spiro atoms. The molecule has 0 saturated carbocycles. The fourth-order valence-electron chi connectivity index (χ4n) is 4.62. The van der Waals surface area contributed by atoms with Gasteiger partial charge in [0.2, 0.25) is 0 Å². The second kappa shape index (κ2) is 14.1. The summed E-state index contributed by atoms with van der Waals surface area (Å²) in [5.41, 5.74) is 4.49. The Kier molecular flexibility index (Phi) is 10.9. The molecule has 0 aliphatic heterocycles. The van der Waals surface area contributed by atoms with Gasteiger partial charge in [-0.05, 0) is 89.2 Å². The fourth-order valence-corrected chi connectivity index (χ4v) is 4.62. The summed E-state index contributed by atoms with van der Waals surface area (Å²) in [6.45, 7) is 17.8. The molecular formula is C29H45N5. The summed E-state index contributed by atoms with van der Waals surface area (Å²) in [7, 11) is 0. The Morgan fingerprint density at radius 3 is 1.94 bits per heavy atom. The average Bonchev–Trinajstić information content (AvgIpc) is 2.87. The van der Waals surface area contributed by atoms with E-state index in [1.165, 1.54) is 54.5 Å². The van der Waals surface area contributed by atoms with Gasteiger partial charge in [0.15, 0.2) is 0 Å². The van der Waals surface area contributed by atoms with Gasteiger partial charge in [0.1, 0.15) is 0 Å². The van der Waals surface area contributed by atoms with Gasteiger partial charge in [-0.2, -0.15) is 0 Å². The van der Waals surface area contributed by atoms with E-state index >= 15 is 0 Å². The number of hydrogen-bond donors (Lipinski definition) is 2. The van der Waals surface area contributed by atoms with Crippen LogP contribution in [0.3, 0.4) is 0 Å². The van der Waals surface area contributed by atoms with Crippen molar-refractivity contribution in [3.63, 3.8) is 0 Å². The van der Waals surface area contributed by atoms with Crippen molar-refractivity contribution in [1.82, 2.24) is 14.8 Å². The van der Waals surface area contributed by atoms with Crippen molar-refractivity contribution in [3.8, 4) is 0 Å². The molecule has 0 amide bonds. The second-order valence-electron chi connectivity index (χ2n) is 9.06. The Morgan fingerprint density at radius 1 is 0.676 bits per heavy atom. The number of unbranched alkanes of at least 4 members (excludes halogenated alkanes) is 2. The quantitative estimate of drug-likeness (QED) is 0.189. The summed E-state index contributed by atoms with van der Waals surface area (Å²) < 4.78 is 0. The minimum Gasteiger partial charge on any atom is -0.383 e. The van der Waals surface area contributed by atoms with Crippen LogP contribution in [0.2, 0.25) is 0 Å². The third-order valence-corrected chi connectivity index (χ3v) is 6.91. The first-order valence-corrected chi connectivity index (χ1v) is 13.4. The number of nitrogens with one attached hydrogen (secondary N) is 2. The average molecular weight is 464 g/mol. The monoisotopic (exact) mass is 463 g/mol. The molecule has 5 nitrogen and oxygen atoms in total. The molecule has 3 rings (SSSR count). The van der Waals surface area contributed by atoms with Gasteiger partial charge in [0, 0.05) is 23.9 Å². The molecule has 186 valence electrons. The van der Waals surface area contributed by atoms with E-state index in [0.29, 0.717) is 0 Å². The van der Waals surface area contributed by atoms with Crippen LogP contribution in [0.5, 0.6) is 0 Å². The molecule has 0 aliphatic carbocycles. The number of benzene rings is 2. The Morgan fingerprint density at radius 2 is 1.29 bits per heavy atom. The smallest absolute Gasteiger partial charge is 0.0732 e. The number of pyridine rings is 1. The van der Waals surface area contributed by atoms with E-state index in [-0.39, 0.29) is 0 Å². The molecule has 2 N–H and O–H groups in total. The molecular weight excluding hydrogens is 418 g/mol. The van der Waals surface area contributed by atoms with E-state index in [4.69, 9.17) is 4.98 Å². The lowest BCUT2D eigenvalue weighted by molar-refractivity contribution is 0.298. The first kappa shape index (κ1) is 26.2. The molecule has 1 heterocycles. The Balaban J connectivity index is 1.70. The Hall–Kier alpha value is -2.37. The minimum atomic E-state index is 0.976. The molecule has 34 heavy (non-hydrogen) atoms. The van der Waals surface area contributed by atoms with Gasteiger partial charge in [0.25, 0.3) is 0 Å². The van der Waals surface area contributed by atoms with Crippen LogP contribution >= 0.6 is 0 Å². The number of fused-ring (bicyclic) bond motifs is 2. The normalized spacial score (nSPS) is 11.7. The molecule has 0 bridgehead atoms. The summed E-state index contributed by atoms with van der Waals surface area (Å²) in [5, 5.41) is 9.90. The lowest BCUT2D eigenvalue weighted by atomic mass is 10.1. The zero-order valence-corrected chi connectivity index (χ0v) is 21.9. The van der Waals surface area contributed by atoms with E-state index < -0.39 is 0 Å². The highest BCUT2D eigenvalue weighted by atomic mass is 15.1. The molecule has 0 radical (unpaired) electrons. The standard InChI is InChI=1S/C29H45N5/c1-5-33(6-2)21-13-11-19-30-28-18-17-27-25(23-24-15-9-10-16-26(24)32-27)29(28)31-20-12-14-22-34(7-3)8-4/h9-10,15-18,23,30-31H,5-8,11-14,19-22H2,1-4H3. The van der Waals surface area contributed by atoms with E-state index in [2.05, 4.69) is 90.6 Å². The van der Waals surface area contributed by atoms with Gasteiger partial charge in [0.05, 0.1) is 22.4 Å². The van der Waals surface area contributed by atoms with Crippen LogP contribution in [0.15, 0.2) is 42.5 Å². The number of rotatable bonds is 16.